The first-order valence-corrected chi connectivity index (χ1v) is 14.1. The summed E-state index contributed by atoms with van der Waals surface area (Å²) in [4.78, 5) is 12.4. The predicted molar refractivity (Wildman–Crippen MR) is 134 cm³/mol. The smallest absolute Gasteiger partial charge is 0.289 e. The lowest BCUT2D eigenvalue weighted by Crippen LogP contribution is -2.40. The van der Waals surface area contributed by atoms with Crippen molar-refractivity contribution in [3.05, 3.63) is 57.0 Å². The predicted octanol–water partition coefficient (Wildman–Crippen LogP) is 5.99. The van der Waals surface area contributed by atoms with Crippen molar-refractivity contribution >= 4 is 19.9 Å². The van der Waals surface area contributed by atoms with E-state index in [0.29, 0.717) is 13.0 Å². The molecular weight excluding hydrogens is 440 g/mol. The fourth-order valence-electron chi connectivity index (χ4n) is 2.58. The minimum Gasteiger partial charge on any atom is -0.485 e. The second kappa shape index (κ2) is 10.2. The van der Waals surface area contributed by atoms with Gasteiger partial charge in [0.05, 0.1) is 11.7 Å². The Morgan fingerprint density at radius 1 is 1.09 bits per heavy atom. The molecule has 174 valence electrons. The van der Waals surface area contributed by atoms with Gasteiger partial charge in [-0.25, -0.2) is 4.68 Å². The molecule has 0 aliphatic carbocycles. The highest BCUT2D eigenvalue weighted by molar-refractivity contribution is 6.74. The molecule has 0 unspecified atom stereocenters. The summed E-state index contributed by atoms with van der Waals surface area (Å²) < 4.78 is 13.2. The third kappa shape index (κ3) is 6.96. The van der Waals surface area contributed by atoms with Gasteiger partial charge >= 0.3 is 0 Å². The molecule has 0 amide bonds. The molecule has 5 nitrogen and oxygen atoms in total. The summed E-state index contributed by atoms with van der Waals surface area (Å²) in [6, 6.07) is 7.82. The molecule has 0 aliphatic rings. The number of benzene rings is 1. The van der Waals surface area contributed by atoms with Crippen molar-refractivity contribution in [1.29, 1.82) is 0 Å². The molecule has 1 aromatic carbocycles. The van der Waals surface area contributed by atoms with Gasteiger partial charge in [0.2, 0.25) is 0 Å². The average Bonchev–Trinajstić information content (AvgIpc) is 2.68. The van der Waals surface area contributed by atoms with Crippen LogP contribution in [0.15, 0.2) is 35.3 Å². The van der Waals surface area contributed by atoms with E-state index in [9.17, 15) is 4.79 Å². The normalized spacial score (nSPS) is 12.3. The number of rotatable bonds is 6. The molecule has 2 rings (SSSR count). The first kappa shape index (κ1) is 26.2. The summed E-state index contributed by atoms with van der Waals surface area (Å²) in [6.07, 6.45) is 2.20. The highest BCUT2D eigenvalue weighted by atomic mass is 35.5. The van der Waals surface area contributed by atoms with Gasteiger partial charge in [-0.15, -0.1) is 0 Å². The van der Waals surface area contributed by atoms with Gasteiger partial charge in [-0.3, -0.25) is 4.79 Å². The van der Waals surface area contributed by atoms with Crippen LogP contribution in [0, 0.1) is 11.8 Å². The second-order valence-electron chi connectivity index (χ2n) is 10.4. The van der Waals surface area contributed by atoms with Crippen LogP contribution in [0.1, 0.15) is 59.1 Å². The van der Waals surface area contributed by atoms with Crippen LogP contribution in [0.4, 0.5) is 0 Å². The van der Waals surface area contributed by atoms with Crippen molar-refractivity contribution in [3.8, 4) is 17.6 Å². The largest absolute Gasteiger partial charge is 0.485 e. The second-order valence-corrected chi connectivity index (χ2v) is 15.5. The molecule has 1 heterocycles. The quantitative estimate of drug-likeness (QED) is 0.293. The van der Waals surface area contributed by atoms with E-state index in [1.54, 1.807) is 0 Å². The van der Waals surface area contributed by atoms with Crippen LogP contribution >= 0.6 is 11.6 Å². The van der Waals surface area contributed by atoms with Crippen LogP contribution in [0.3, 0.4) is 0 Å². The van der Waals surface area contributed by atoms with Gasteiger partial charge in [-0.1, -0.05) is 56.3 Å². The summed E-state index contributed by atoms with van der Waals surface area (Å²) in [5.41, 5.74) is 1.08. The van der Waals surface area contributed by atoms with E-state index in [4.69, 9.17) is 20.8 Å². The molecule has 0 saturated heterocycles. The van der Waals surface area contributed by atoms with E-state index in [1.165, 1.54) is 10.9 Å². The molecule has 0 bridgehead atoms. The number of hydrogen-bond donors (Lipinski definition) is 0. The molecule has 0 saturated carbocycles. The van der Waals surface area contributed by atoms with E-state index < -0.39 is 13.9 Å². The van der Waals surface area contributed by atoms with Gasteiger partial charge in [0.15, 0.2) is 19.1 Å². The lowest BCUT2D eigenvalue weighted by molar-refractivity contribution is 0.292. The van der Waals surface area contributed by atoms with Crippen LogP contribution in [0.2, 0.25) is 23.2 Å². The minimum absolute atomic E-state index is 0.0392. The fraction of sp³-hybridized carbons (Fsp3) is 0.520. The maximum absolute atomic E-state index is 12.4. The maximum atomic E-state index is 12.4. The molecule has 0 fully saturated rings. The lowest BCUT2D eigenvalue weighted by atomic mass is 10.1. The van der Waals surface area contributed by atoms with E-state index in [0.717, 1.165) is 11.1 Å². The Balaban J connectivity index is 1.91. The van der Waals surface area contributed by atoms with Crippen LogP contribution < -0.4 is 10.3 Å². The first-order chi connectivity index (χ1) is 14.7. The average molecular weight is 475 g/mol. The van der Waals surface area contributed by atoms with E-state index in [1.807, 2.05) is 45.0 Å². The zero-order valence-corrected chi connectivity index (χ0v) is 22.3. The Labute approximate surface area is 198 Å². The van der Waals surface area contributed by atoms with Crippen molar-refractivity contribution < 1.29 is 9.16 Å². The molecular formula is C25H35ClN2O3Si. The molecule has 0 aliphatic heterocycles. The van der Waals surface area contributed by atoms with Gasteiger partial charge in [-0.05, 0) is 56.6 Å². The van der Waals surface area contributed by atoms with Crippen LogP contribution in [-0.2, 0) is 16.6 Å². The molecule has 7 heteroatoms. The van der Waals surface area contributed by atoms with Crippen molar-refractivity contribution in [3.63, 3.8) is 0 Å². The molecule has 0 atom stereocenters. The highest BCUT2D eigenvalue weighted by Crippen LogP contribution is 2.36. The Bertz CT molecular complexity index is 1040. The first-order valence-electron chi connectivity index (χ1n) is 10.9. The maximum Gasteiger partial charge on any atom is 0.289 e. The topological polar surface area (TPSA) is 53.4 Å². The number of ether oxygens (including phenoxy) is 1. The monoisotopic (exact) mass is 474 g/mol. The Morgan fingerprint density at radius 2 is 1.72 bits per heavy atom. The van der Waals surface area contributed by atoms with Crippen molar-refractivity contribution in [2.45, 2.75) is 78.2 Å². The fourth-order valence-corrected chi connectivity index (χ4v) is 3.81. The summed E-state index contributed by atoms with van der Waals surface area (Å²) in [5, 5.41) is 4.43. The Morgan fingerprint density at radius 3 is 2.28 bits per heavy atom. The minimum atomic E-state index is -1.72. The summed E-state index contributed by atoms with van der Waals surface area (Å²) >= 11 is 6.21. The number of hydrogen-bond acceptors (Lipinski definition) is 4. The van der Waals surface area contributed by atoms with E-state index >= 15 is 0 Å². The van der Waals surface area contributed by atoms with Gasteiger partial charge in [0, 0.05) is 18.6 Å². The standard InChI is InChI=1S/C25H35ClN2O3Si/c1-24(2,3)28-23(29)22(26)21(17-27-28)30-18-20-14-12-19(13-15-20)11-9-10-16-31-32(7,8)25(4,5)6/h12-15,17H,10,16,18H2,1-8H3. The van der Waals surface area contributed by atoms with Crippen molar-refractivity contribution in [2.24, 2.45) is 0 Å². The lowest BCUT2D eigenvalue weighted by Gasteiger charge is -2.35. The molecule has 0 N–H and O–H groups in total. The zero-order valence-electron chi connectivity index (χ0n) is 20.5. The highest BCUT2D eigenvalue weighted by Gasteiger charge is 2.36. The van der Waals surface area contributed by atoms with Crippen LogP contribution in [-0.4, -0.2) is 24.7 Å². The van der Waals surface area contributed by atoms with E-state index in [2.05, 4.69) is 50.8 Å². The molecule has 2 aromatic rings. The summed E-state index contributed by atoms with van der Waals surface area (Å²) in [5.74, 6) is 6.64. The van der Waals surface area contributed by atoms with E-state index in [-0.39, 0.29) is 28.0 Å². The number of halogens is 1. The van der Waals surface area contributed by atoms with Crippen LogP contribution in [0.25, 0.3) is 0 Å². The summed E-state index contributed by atoms with van der Waals surface area (Å²) in [6.45, 7) is 17.8. The number of nitrogens with zero attached hydrogens (tertiary/aromatic N) is 2. The van der Waals surface area contributed by atoms with Gasteiger partial charge in [0.25, 0.3) is 5.56 Å². The van der Waals surface area contributed by atoms with Crippen molar-refractivity contribution in [1.82, 2.24) is 9.78 Å². The number of aromatic nitrogens is 2. The SMILES string of the molecule is CC(C)(C)n1ncc(OCc2ccc(C#CCCO[Si](C)(C)C(C)(C)C)cc2)c(Cl)c1=O. The zero-order chi connectivity index (χ0) is 24.2. The Kier molecular flexibility index (Phi) is 8.38. The molecule has 1 aromatic heterocycles. The van der Waals surface area contributed by atoms with Crippen LogP contribution in [0.5, 0.6) is 5.75 Å². The van der Waals surface area contributed by atoms with Gasteiger partial charge < -0.3 is 9.16 Å². The summed E-state index contributed by atoms with van der Waals surface area (Å²) in [7, 11) is -1.72. The third-order valence-corrected chi connectivity index (χ3v) is 10.5. The van der Waals surface area contributed by atoms with Crippen molar-refractivity contribution in [2.75, 3.05) is 6.61 Å². The van der Waals surface area contributed by atoms with Gasteiger partial charge in [-0.2, -0.15) is 5.10 Å². The molecule has 0 spiro atoms. The third-order valence-electron chi connectivity index (χ3n) is 5.60. The Hall–Kier alpha value is -2.07. The molecule has 0 radical (unpaired) electrons. The molecule has 32 heavy (non-hydrogen) atoms. The van der Waals surface area contributed by atoms with Gasteiger partial charge in [0.1, 0.15) is 6.61 Å².